The molecule has 0 spiro atoms. The van der Waals surface area contributed by atoms with Gasteiger partial charge >= 0.3 is 26.5 Å². The SMILES string of the molecule is CCCCCCCCCCc1c(C(C)C)cccc1S(=O)(=O)O.[O]=[Ti][OH]. The van der Waals surface area contributed by atoms with E-state index in [2.05, 4.69) is 20.8 Å². The first kappa shape index (κ1) is 25.6. The molecular formula is C19H33O5STi. The van der Waals surface area contributed by atoms with E-state index >= 15 is 0 Å². The van der Waals surface area contributed by atoms with Crippen LogP contribution in [-0.4, -0.2) is 16.7 Å². The summed E-state index contributed by atoms with van der Waals surface area (Å²) in [5, 5.41) is 0. The molecule has 0 fully saturated rings. The minimum absolute atomic E-state index is 0.0895. The molecule has 149 valence electrons. The molecule has 7 heteroatoms. The Morgan fingerprint density at radius 1 is 1.00 bits per heavy atom. The van der Waals surface area contributed by atoms with Gasteiger partial charge in [-0.2, -0.15) is 8.42 Å². The predicted octanol–water partition coefficient (Wildman–Crippen LogP) is 5.06. The van der Waals surface area contributed by atoms with Gasteiger partial charge in [0, 0.05) is 0 Å². The number of benzene rings is 1. The second kappa shape index (κ2) is 14.6. The van der Waals surface area contributed by atoms with Crippen molar-refractivity contribution in [1.82, 2.24) is 0 Å². The van der Waals surface area contributed by atoms with Crippen molar-refractivity contribution in [3.05, 3.63) is 29.3 Å². The maximum absolute atomic E-state index is 11.6. The number of hydrogen-bond donors (Lipinski definition) is 2. The summed E-state index contributed by atoms with van der Waals surface area (Å²) in [7, 11) is -4.15. The molecule has 5 nitrogen and oxygen atoms in total. The third-order valence-electron chi connectivity index (χ3n) is 4.35. The Labute approximate surface area is 168 Å². The van der Waals surface area contributed by atoms with E-state index in [-0.39, 0.29) is 10.8 Å². The summed E-state index contributed by atoms with van der Waals surface area (Å²) in [4.78, 5) is 0.0895. The molecule has 0 bridgehead atoms. The Morgan fingerprint density at radius 3 is 1.96 bits per heavy atom. The van der Waals surface area contributed by atoms with Crippen molar-refractivity contribution in [2.24, 2.45) is 0 Å². The van der Waals surface area contributed by atoms with Crippen LogP contribution in [0.5, 0.6) is 0 Å². The third kappa shape index (κ3) is 10.7. The molecule has 0 saturated heterocycles. The fourth-order valence-electron chi connectivity index (χ4n) is 3.07. The zero-order chi connectivity index (χ0) is 20.0. The van der Waals surface area contributed by atoms with Crippen LogP contribution in [0.4, 0.5) is 0 Å². The molecular weight excluding hydrogens is 388 g/mol. The van der Waals surface area contributed by atoms with Crippen LogP contribution in [0.2, 0.25) is 0 Å². The molecule has 0 aliphatic carbocycles. The van der Waals surface area contributed by atoms with Gasteiger partial charge < -0.3 is 0 Å². The number of unbranched alkanes of at least 4 members (excludes halogenated alkanes) is 7. The summed E-state index contributed by atoms with van der Waals surface area (Å²) in [6.45, 7) is 6.33. The van der Waals surface area contributed by atoms with Gasteiger partial charge in [-0.05, 0) is 36.0 Å². The molecule has 0 atom stereocenters. The Bertz CT molecular complexity index is 614. The molecule has 0 aromatic heterocycles. The maximum atomic E-state index is 11.6. The van der Waals surface area contributed by atoms with Crippen LogP contribution in [0.1, 0.15) is 89.2 Å². The fourth-order valence-corrected chi connectivity index (χ4v) is 3.85. The molecule has 0 unspecified atom stereocenters. The summed E-state index contributed by atoms with van der Waals surface area (Å²) < 4.78 is 48.5. The van der Waals surface area contributed by atoms with Gasteiger partial charge in [0.15, 0.2) is 0 Å². The molecule has 0 aliphatic rings. The van der Waals surface area contributed by atoms with Crippen LogP contribution in [0.3, 0.4) is 0 Å². The molecule has 2 N–H and O–H groups in total. The predicted molar refractivity (Wildman–Crippen MR) is 99.6 cm³/mol. The average molecular weight is 421 g/mol. The standard InChI is InChI=1S/C19H32O3S.H2O.O.Ti/c1-4-5-6-7-8-9-10-11-13-18-17(16(2)3)14-12-15-19(18)23(20,21)22;;;/h12,14-16H,4-11,13H2,1-3H3,(H,20,21,22);1H2;;/q;;;+1/p-1. The van der Waals surface area contributed by atoms with Crippen LogP contribution >= 0.6 is 0 Å². The topological polar surface area (TPSA) is 91.7 Å². The van der Waals surface area contributed by atoms with Gasteiger partial charge in [-0.25, -0.2) is 0 Å². The van der Waals surface area contributed by atoms with E-state index in [9.17, 15) is 13.0 Å². The first-order valence-electron chi connectivity index (χ1n) is 9.40. The Kier molecular flexibility index (Phi) is 14.4. The van der Waals surface area contributed by atoms with Gasteiger partial charge in [0.2, 0.25) is 0 Å². The van der Waals surface area contributed by atoms with Gasteiger partial charge in [0.25, 0.3) is 10.1 Å². The molecule has 0 heterocycles. The summed E-state index contributed by atoms with van der Waals surface area (Å²) >= 11 is -1.75. The van der Waals surface area contributed by atoms with Crippen molar-refractivity contribution >= 4 is 10.1 Å². The van der Waals surface area contributed by atoms with Gasteiger partial charge in [-0.15, -0.1) is 0 Å². The normalized spacial score (nSPS) is 11.0. The van der Waals surface area contributed by atoms with Gasteiger partial charge in [-0.1, -0.05) is 77.8 Å². The number of rotatable bonds is 11. The minimum atomic E-state index is -4.15. The Morgan fingerprint density at radius 2 is 1.50 bits per heavy atom. The molecule has 0 saturated carbocycles. The molecule has 0 radical (unpaired) electrons. The van der Waals surface area contributed by atoms with Crippen molar-refractivity contribution in [2.45, 2.75) is 89.4 Å². The van der Waals surface area contributed by atoms with E-state index < -0.39 is 29.6 Å². The van der Waals surface area contributed by atoms with Gasteiger partial charge in [0.05, 0.1) is 4.90 Å². The summed E-state index contributed by atoms with van der Waals surface area (Å²) in [6, 6.07) is 5.20. The second-order valence-electron chi connectivity index (χ2n) is 6.77. The van der Waals surface area contributed by atoms with Gasteiger partial charge in [0.1, 0.15) is 0 Å². The molecule has 0 aliphatic heterocycles. The van der Waals surface area contributed by atoms with Crippen LogP contribution in [0.15, 0.2) is 23.1 Å². The van der Waals surface area contributed by atoms with Crippen LogP contribution < -0.4 is 0 Å². The molecule has 1 aromatic carbocycles. The van der Waals surface area contributed by atoms with Crippen molar-refractivity contribution < 1.29 is 39.5 Å². The quantitative estimate of drug-likeness (QED) is 0.296. The Balaban J connectivity index is 0.00000194. The first-order chi connectivity index (χ1) is 12.3. The van der Waals surface area contributed by atoms with E-state index in [4.69, 9.17) is 7.01 Å². The van der Waals surface area contributed by atoms with Crippen LogP contribution in [0, 0.1) is 0 Å². The summed E-state index contributed by atoms with van der Waals surface area (Å²) in [6.07, 6.45) is 10.5. The van der Waals surface area contributed by atoms with E-state index in [1.54, 1.807) is 6.07 Å². The summed E-state index contributed by atoms with van der Waals surface area (Å²) in [5.41, 5.74) is 1.83. The second-order valence-corrected chi connectivity index (χ2v) is 8.44. The Hall–Kier alpha value is -0.396. The average Bonchev–Trinajstić information content (AvgIpc) is 2.56. The first-order valence-corrected chi connectivity index (χ1v) is 12.2. The van der Waals surface area contributed by atoms with Crippen molar-refractivity contribution in [1.29, 1.82) is 0 Å². The monoisotopic (exact) mass is 421 g/mol. The van der Waals surface area contributed by atoms with E-state index in [1.165, 1.54) is 44.6 Å². The zero-order valence-corrected chi connectivity index (χ0v) is 18.6. The molecule has 1 rings (SSSR count). The van der Waals surface area contributed by atoms with E-state index in [1.807, 2.05) is 6.07 Å². The number of hydrogen-bond acceptors (Lipinski definition) is 3. The zero-order valence-electron chi connectivity index (χ0n) is 16.2. The fraction of sp³-hybridized carbons (Fsp3) is 0.684. The van der Waals surface area contributed by atoms with Gasteiger partial charge in [-0.3, -0.25) is 4.55 Å². The van der Waals surface area contributed by atoms with E-state index in [0.717, 1.165) is 30.4 Å². The van der Waals surface area contributed by atoms with Crippen molar-refractivity contribution in [2.75, 3.05) is 0 Å². The van der Waals surface area contributed by atoms with Crippen molar-refractivity contribution in [3.8, 4) is 0 Å². The molecule has 26 heavy (non-hydrogen) atoms. The summed E-state index contributed by atoms with van der Waals surface area (Å²) in [5.74, 6) is 0.251. The molecule has 1 aromatic rings. The third-order valence-corrected chi connectivity index (χ3v) is 5.29. The van der Waals surface area contributed by atoms with Crippen LogP contribution in [0.25, 0.3) is 0 Å². The van der Waals surface area contributed by atoms with Crippen molar-refractivity contribution in [3.63, 3.8) is 0 Å². The van der Waals surface area contributed by atoms with E-state index in [0.29, 0.717) is 0 Å². The molecule has 0 amide bonds. The van der Waals surface area contributed by atoms with Crippen LogP contribution in [-0.2, 0) is 39.4 Å².